The molecule has 1 N–H and O–H groups in total. The SMILES string of the molecule is CCN(Cc1cccc(Cl)c1)C(=O)C1NCCCC1C. The molecule has 2 unspecified atom stereocenters. The van der Waals surface area contributed by atoms with Gasteiger partial charge in [-0.3, -0.25) is 4.79 Å². The molecule has 0 spiro atoms. The van der Waals surface area contributed by atoms with E-state index >= 15 is 0 Å². The average Bonchev–Trinajstić information content (AvgIpc) is 2.44. The van der Waals surface area contributed by atoms with Gasteiger partial charge >= 0.3 is 0 Å². The molecule has 0 radical (unpaired) electrons. The second kappa shape index (κ2) is 7.09. The van der Waals surface area contributed by atoms with Gasteiger partial charge in [-0.05, 0) is 49.9 Å². The number of hydrogen-bond donors (Lipinski definition) is 1. The number of rotatable bonds is 4. The summed E-state index contributed by atoms with van der Waals surface area (Å²) in [6.45, 7) is 6.46. The molecular formula is C16H23ClN2O. The van der Waals surface area contributed by atoms with Crippen molar-refractivity contribution in [3.05, 3.63) is 34.9 Å². The van der Waals surface area contributed by atoms with E-state index in [9.17, 15) is 4.79 Å². The summed E-state index contributed by atoms with van der Waals surface area (Å²) in [4.78, 5) is 14.6. The molecule has 20 heavy (non-hydrogen) atoms. The number of benzene rings is 1. The highest BCUT2D eigenvalue weighted by atomic mass is 35.5. The Labute approximate surface area is 126 Å². The summed E-state index contributed by atoms with van der Waals surface area (Å²) in [6.07, 6.45) is 2.28. The molecule has 1 aromatic rings. The van der Waals surface area contributed by atoms with Gasteiger partial charge in [0.1, 0.15) is 0 Å². The fourth-order valence-corrected chi connectivity index (χ4v) is 2.99. The van der Waals surface area contributed by atoms with Crippen molar-refractivity contribution >= 4 is 17.5 Å². The third-order valence-corrected chi connectivity index (χ3v) is 4.23. The lowest BCUT2D eigenvalue weighted by Gasteiger charge is -2.33. The normalized spacial score (nSPS) is 22.6. The van der Waals surface area contributed by atoms with Gasteiger partial charge < -0.3 is 10.2 Å². The third-order valence-electron chi connectivity index (χ3n) is 3.99. The van der Waals surface area contributed by atoms with Crippen molar-refractivity contribution in [2.75, 3.05) is 13.1 Å². The Hall–Kier alpha value is -1.06. The second-order valence-corrected chi connectivity index (χ2v) is 5.97. The fourth-order valence-electron chi connectivity index (χ4n) is 2.78. The molecule has 0 aliphatic carbocycles. The standard InChI is InChI=1S/C16H23ClN2O/c1-3-19(11-13-7-4-8-14(17)10-13)16(20)15-12(2)6-5-9-18-15/h4,7-8,10,12,15,18H,3,5-6,9,11H2,1-2H3. The maximum atomic E-state index is 12.7. The number of nitrogens with one attached hydrogen (secondary N) is 1. The Morgan fingerprint density at radius 1 is 1.50 bits per heavy atom. The van der Waals surface area contributed by atoms with Gasteiger partial charge in [-0.1, -0.05) is 30.7 Å². The van der Waals surface area contributed by atoms with E-state index in [2.05, 4.69) is 12.2 Å². The van der Waals surface area contributed by atoms with Crippen LogP contribution in [0.25, 0.3) is 0 Å². The van der Waals surface area contributed by atoms with Crippen LogP contribution in [0.1, 0.15) is 32.3 Å². The molecule has 0 saturated carbocycles. The highest BCUT2D eigenvalue weighted by molar-refractivity contribution is 6.30. The highest BCUT2D eigenvalue weighted by Crippen LogP contribution is 2.19. The first-order chi connectivity index (χ1) is 9.61. The van der Waals surface area contributed by atoms with Crippen molar-refractivity contribution in [3.8, 4) is 0 Å². The van der Waals surface area contributed by atoms with E-state index in [4.69, 9.17) is 11.6 Å². The summed E-state index contributed by atoms with van der Waals surface area (Å²) in [5.74, 6) is 0.615. The Kier molecular flexibility index (Phi) is 5.44. The quantitative estimate of drug-likeness (QED) is 0.925. The smallest absolute Gasteiger partial charge is 0.240 e. The van der Waals surface area contributed by atoms with E-state index in [1.807, 2.05) is 36.1 Å². The first kappa shape index (κ1) is 15.3. The first-order valence-corrected chi connectivity index (χ1v) is 7.76. The monoisotopic (exact) mass is 294 g/mol. The molecule has 0 aromatic heterocycles. The van der Waals surface area contributed by atoms with Crippen LogP contribution < -0.4 is 5.32 Å². The second-order valence-electron chi connectivity index (χ2n) is 5.53. The minimum atomic E-state index is -0.0390. The number of piperidine rings is 1. The van der Waals surface area contributed by atoms with Crippen molar-refractivity contribution in [2.24, 2.45) is 5.92 Å². The van der Waals surface area contributed by atoms with Crippen LogP contribution in [0, 0.1) is 5.92 Å². The summed E-state index contributed by atoms with van der Waals surface area (Å²) in [5, 5.41) is 4.08. The molecule has 1 aliphatic rings. The van der Waals surface area contributed by atoms with Gasteiger partial charge in [-0.25, -0.2) is 0 Å². The van der Waals surface area contributed by atoms with E-state index in [1.54, 1.807) is 0 Å². The van der Waals surface area contributed by atoms with Crippen LogP contribution in [-0.4, -0.2) is 29.9 Å². The number of amides is 1. The topological polar surface area (TPSA) is 32.3 Å². The summed E-state index contributed by atoms with van der Waals surface area (Å²) in [5.41, 5.74) is 1.08. The van der Waals surface area contributed by atoms with Gasteiger partial charge in [0.2, 0.25) is 5.91 Å². The number of nitrogens with zero attached hydrogens (tertiary/aromatic N) is 1. The fraction of sp³-hybridized carbons (Fsp3) is 0.562. The summed E-state index contributed by atoms with van der Waals surface area (Å²) in [6, 6.07) is 7.68. The zero-order valence-corrected chi connectivity index (χ0v) is 13.0. The Balaban J connectivity index is 2.05. The maximum Gasteiger partial charge on any atom is 0.240 e. The number of halogens is 1. The lowest BCUT2D eigenvalue weighted by atomic mass is 9.91. The molecular weight excluding hydrogens is 272 g/mol. The molecule has 1 heterocycles. The van der Waals surface area contributed by atoms with Gasteiger partial charge in [-0.2, -0.15) is 0 Å². The molecule has 4 heteroatoms. The van der Waals surface area contributed by atoms with Crippen LogP contribution >= 0.6 is 11.6 Å². The first-order valence-electron chi connectivity index (χ1n) is 7.38. The average molecular weight is 295 g/mol. The van der Waals surface area contributed by atoms with E-state index in [0.717, 1.165) is 36.5 Å². The molecule has 110 valence electrons. The third kappa shape index (κ3) is 3.74. The van der Waals surface area contributed by atoms with Crippen molar-refractivity contribution in [1.82, 2.24) is 10.2 Å². The van der Waals surface area contributed by atoms with Gasteiger partial charge in [0.15, 0.2) is 0 Å². The number of carbonyl (C=O) groups is 1. The van der Waals surface area contributed by atoms with Gasteiger partial charge in [0.25, 0.3) is 0 Å². The van der Waals surface area contributed by atoms with Crippen LogP contribution in [0.15, 0.2) is 24.3 Å². The molecule has 3 nitrogen and oxygen atoms in total. The summed E-state index contributed by atoms with van der Waals surface area (Å²) < 4.78 is 0. The van der Waals surface area contributed by atoms with E-state index in [1.165, 1.54) is 0 Å². The molecule has 1 aromatic carbocycles. The minimum absolute atomic E-state index is 0.0390. The molecule has 0 bridgehead atoms. The summed E-state index contributed by atoms with van der Waals surface area (Å²) >= 11 is 6.01. The molecule has 1 aliphatic heterocycles. The van der Waals surface area contributed by atoms with E-state index in [-0.39, 0.29) is 11.9 Å². The molecule has 1 fully saturated rings. The Morgan fingerprint density at radius 2 is 2.30 bits per heavy atom. The molecule has 1 saturated heterocycles. The van der Waals surface area contributed by atoms with Crippen LogP contribution in [-0.2, 0) is 11.3 Å². The molecule has 1 amide bonds. The van der Waals surface area contributed by atoms with E-state index < -0.39 is 0 Å². The van der Waals surface area contributed by atoms with Gasteiger partial charge in [0.05, 0.1) is 6.04 Å². The summed E-state index contributed by atoms with van der Waals surface area (Å²) in [7, 11) is 0. The van der Waals surface area contributed by atoms with Crippen molar-refractivity contribution in [1.29, 1.82) is 0 Å². The molecule has 2 atom stereocenters. The van der Waals surface area contributed by atoms with Gasteiger partial charge in [-0.15, -0.1) is 0 Å². The Morgan fingerprint density at radius 3 is 2.95 bits per heavy atom. The van der Waals surface area contributed by atoms with Crippen LogP contribution in [0.5, 0.6) is 0 Å². The minimum Gasteiger partial charge on any atom is -0.337 e. The predicted octanol–water partition coefficient (Wildman–Crippen LogP) is 3.08. The van der Waals surface area contributed by atoms with Crippen LogP contribution in [0.4, 0.5) is 0 Å². The van der Waals surface area contributed by atoms with Crippen molar-refractivity contribution < 1.29 is 4.79 Å². The maximum absolute atomic E-state index is 12.7. The van der Waals surface area contributed by atoms with Crippen molar-refractivity contribution in [2.45, 2.75) is 39.3 Å². The Bertz CT molecular complexity index is 464. The van der Waals surface area contributed by atoms with Crippen molar-refractivity contribution in [3.63, 3.8) is 0 Å². The predicted molar refractivity (Wildman–Crippen MR) is 82.7 cm³/mol. The van der Waals surface area contributed by atoms with Gasteiger partial charge in [0, 0.05) is 18.1 Å². The lowest BCUT2D eigenvalue weighted by Crippen LogP contribution is -2.52. The number of hydrogen-bond acceptors (Lipinski definition) is 2. The van der Waals surface area contributed by atoms with Crippen LogP contribution in [0.3, 0.4) is 0 Å². The molecule has 2 rings (SSSR count). The number of carbonyl (C=O) groups excluding carboxylic acids is 1. The van der Waals surface area contributed by atoms with E-state index in [0.29, 0.717) is 12.5 Å². The zero-order valence-electron chi connectivity index (χ0n) is 12.2. The number of likely N-dealkylation sites (N-methyl/N-ethyl adjacent to an activating group) is 1. The van der Waals surface area contributed by atoms with Crippen LogP contribution in [0.2, 0.25) is 5.02 Å². The lowest BCUT2D eigenvalue weighted by molar-refractivity contribution is -0.135. The zero-order chi connectivity index (χ0) is 14.5. The highest BCUT2D eigenvalue weighted by Gasteiger charge is 2.30. The largest absolute Gasteiger partial charge is 0.337 e.